The second-order valence-electron chi connectivity index (χ2n) is 16.3. The highest BCUT2D eigenvalue weighted by molar-refractivity contribution is 7.85. The van der Waals surface area contributed by atoms with Crippen LogP contribution in [0.25, 0.3) is 93.9 Å². The van der Waals surface area contributed by atoms with Gasteiger partial charge in [-0.2, -0.15) is 0 Å². The zero-order chi connectivity index (χ0) is 42.1. The third kappa shape index (κ3) is 5.78. The lowest BCUT2D eigenvalue weighted by Crippen LogP contribution is -2.24. The van der Waals surface area contributed by atoms with E-state index in [1.54, 1.807) is 7.11 Å². The van der Waals surface area contributed by atoms with Gasteiger partial charge in [-0.3, -0.25) is 0 Å². The van der Waals surface area contributed by atoms with E-state index in [2.05, 4.69) is 156 Å². The van der Waals surface area contributed by atoms with E-state index in [1.165, 1.54) is 55.3 Å². The Hall–Kier alpha value is -7.71. The molecule has 3 nitrogen and oxygen atoms in total. The maximum atomic E-state index is 15.9. The van der Waals surface area contributed by atoms with Crippen molar-refractivity contribution >= 4 is 55.6 Å². The summed E-state index contributed by atoms with van der Waals surface area (Å²) in [5.74, 6) is 0.799. The number of nitrogens with zero attached hydrogens (tertiary/aromatic N) is 1. The van der Waals surface area contributed by atoms with Crippen LogP contribution in [0, 0.1) is 0 Å². The summed E-state index contributed by atoms with van der Waals surface area (Å²) in [7, 11) is -1.58. The Labute approximate surface area is 366 Å². The first-order valence-electron chi connectivity index (χ1n) is 21.4. The van der Waals surface area contributed by atoms with E-state index in [4.69, 9.17) is 4.74 Å². The van der Waals surface area contributed by atoms with E-state index in [-0.39, 0.29) is 0 Å². The van der Waals surface area contributed by atoms with Crippen molar-refractivity contribution < 1.29 is 9.30 Å². The fourth-order valence-corrected chi connectivity index (χ4v) is 12.7. The maximum Gasteiger partial charge on any atom is 0.171 e. The van der Waals surface area contributed by atoms with Crippen molar-refractivity contribution in [2.24, 2.45) is 0 Å². The lowest BCUT2D eigenvalue weighted by atomic mass is 9.82. The molecule has 1 aliphatic rings. The Morgan fingerprint density at radius 2 is 0.937 bits per heavy atom. The minimum absolute atomic E-state index is 0.798. The molecule has 1 aliphatic carbocycles. The van der Waals surface area contributed by atoms with Crippen molar-refractivity contribution in [3.05, 3.63) is 224 Å². The van der Waals surface area contributed by atoms with E-state index >= 15 is 4.57 Å². The van der Waals surface area contributed by atoms with Crippen molar-refractivity contribution in [3.63, 3.8) is 0 Å². The van der Waals surface area contributed by atoms with Gasteiger partial charge in [0.05, 0.1) is 18.1 Å². The SMILES string of the molecule is COc1ccc(-n2c3ccc(-c4cc(-c5ccccc5)c5c(c4-c4ccccc4)-c4cccc6cccc-5c46)cc3c3cc(P(=O)(c4ccccc4)c4ccccc4)ccc32)cc1. The van der Waals surface area contributed by atoms with Gasteiger partial charge in [0, 0.05) is 32.4 Å². The highest BCUT2D eigenvalue weighted by Gasteiger charge is 2.32. The Bertz CT molecular complexity index is 3550. The molecule has 0 bridgehead atoms. The van der Waals surface area contributed by atoms with Gasteiger partial charge in [-0.25, -0.2) is 0 Å². The van der Waals surface area contributed by atoms with E-state index in [9.17, 15) is 0 Å². The van der Waals surface area contributed by atoms with Crippen LogP contribution in [-0.2, 0) is 4.57 Å². The summed E-state index contributed by atoms with van der Waals surface area (Å²) in [6, 6.07) is 79.0. The lowest BCUT2D eigenvalue weighted by molar-refractivity contribution is 0.415. The molecular weight excluding hydrogens is 786 g/mol. The highest BCUT2D eigenvalue weighted by atomic mass is 31.2. The van der Waals surface area contributed by atoms with Crippen molar-refractivity contribution in [3.8, 4) is 67.1 Å². The molecule has 0 radical (unpaired) electrons. The van der Waals surface area contributed by atoms with Gasteiger partial charge in [0.25, 0.3) is 0 Å². The fourth-order valence-electron chi connectivity index (χ4n) is 10.1. The molecule has 0 amide bonds. The van der Waals surface area contributed by atoms with Crippen molar-refractivity contribution in [2.45, 2.75) is 0 Å². The standard InChI is InChI=1S/C59H40NO2P/c1-62-44-31-29-43(30-32-44)60-54-34-28-42(36-52(54)53-37-47(33-35-55(53)60)63(61,45-22-10-4-11-23-45)46-24-12-5-13-25-46)51-38-50(39-16-6-2-7-17-39)58-48-26-14-20-40-21-15-27-49(56(40)48)59(58)57(51)41-18-8-3-9-19-41/h2-38H,1H3. The summed E-state index contributed by atoms with van der Waals surface area (Å²) in [5, 5.41) is 7.08. The molecule has 0 saturated carbocycles. The quantitative estimate of drug-likeness (QED) is 0.143. The van der Waals surface area contributed by atoms with Gasteiger partial charge in [0.2, 0.25) is 0 Å². The normalized spacial score (nSPS) is 12.0. The van der Waals surface area contributed by atoms with Gasteiger partial charge in [-0.15, -0.1) is 0 Å². The van der Waals surface area contributed by atoms with Crippen LogP contribution in [-0.4, -0.2) is 11.7 Å². The van der Waals surface area contributed by atoms with Crippen molar-refractivity contribution in [1.82, 2.24) is 4.57 Å². The Morgan fingerprint density at radius 3 is 1.56 bits per heavy atom. The van der Waals surface area contributed by atoms with Gasteiger partial charge in [-0.1, -0.05) is 164 Å². The number of hydrogen-bond donors (Lipinski definition) is 0. The molecule has 0 atom stereocenters. The highest BCUT2D eigenvalue weighted by Crippen LogP contribution is 2.57. The number of aromatic nitrogens is 1. The van der Waals surface area contributed by atoms with E-state index < -0.39 is 7.14 Å². The maximum absolute atomic E-state index is 15.9. The lowest BCUT2D eigenvalue weighted by Gasteiger charge is -2.21. The minimum Gasteiger partial charge on any atom is -0.497 e. The summed E-state index contributed by atoms with van der Waals surface area (Å²) in [6.45, 7) is 0. The first kappa shape index (κ1) is 37.1. The Balaban J connectivity index is 1.18. The molecule has 1 aromatic heterocycles. The third-order valence-electron chi connectivity index (χ3n) is 12.9. The fraction of sp³-hybridized carbons (Fsp3) is 0.0169. The van der Waals surface area contributed by atoms with Gasteiger partial charge < -0.3 is 13.9 Å². The molecular formula is C59H40NO2P. The molecule has 12 rings (SSSR count). The summed E-state index contributed by atoms with van der Waals surface area (Å²) >= 11 is 0. The largest absolute Gasteiger partial charge is 0.497 e. The van der Waals surface area contributed by atoms with E-state index in [1.807, 2.05) is 72.8 Å². The van der Waals surface area contributed by atoms with Crippen LogP contribution in [0.2, 0.25) is 0 Å². The first-order valence-corrected chi connectivity index (χ1v) is 23.1. The van der Waals surface area contributed by atoms with Crippen LogP contribution < -0.4 is 20.7 Å². The summed E-state index contributed by atoms with van der Waals surface area (Å²) < 4.78 is 23.8. The van der Waals surface area contributed by atoms with Gasteiger partial charge in [0.15, 0.2) is 7.14 Å². The number of ether oxygens (including phenoxy) is 1. The number of methoxy groups -OCH3 is 1. The van der Waals surface area contributed by atoms with Crippen LogP contribution in [0.1, 0.15) is 0 Å². The van der Waals surface area contributed by atoms with Crippen molar-refractivity contribution in [2.75, 3.05) is 7.11 Å². The van der Waals surface area contributed by atoms with Crippen LogP contribution in [0.4, 0.5) is 0 Å². The third-order valence-corrected chi connectivity index (χ3v) is 16.0. The number of benzene rings is 10. The van der Waals surface area contributed by atoms with E-state index in [0.717, 1.165) is 60.3 Å². The Kier molecular flexibility index (Phi) is 8.67. The molecule has 4 heteroatoms. The summed E-state index contributed by atoms with van der Waals surface area (Å²) in [5.41, 5.74) is 15.2. The molecule has 63 heavy (non-hydrogen) atoms. The number of rotatable bonds is 8. The molecule has 0 saturated heterocycles. The van der Waals surface area contributed by atoms with E-state index in [0.29, 0.717) is 0 Å². The van der Waals surface area contributed by atoms with Gasteiger partial charge in [-0.05, 0) is 127 Å². The predicted octanol–water partition coefficient (Wildman–Crippen LogP) is 14.2. The smallest absolute Gasteiger partial charge is 0.171 e. The van der Waals surface area contributed by atoms with Crippen molar-refractivity contribution in [1.29, 1.82) is 0 Å². The van der Waals surface area contributed by atoms with Gasteiger partial charge >= 0.3 is 0 Å². The van der Waals surface area contributed by atoms with Crippen LogP contribution >= 0.6 is 7.14 Å². The average Bonchev–Trinajstić information content (AvgIpc) is 3.87. The monoisotopic (exact) mass is 825 g/mol. The molecule has 0 fully saturated rings. The molecule has 10 aromatic carbocycles. The summed E-state index contributed by atoms with van der Waals surface area (Å²) in [6.07, 6.45) is 0. The molecule has 1 heterocycles. The first-order chi connectivity index (χ1) is 31.1. The second-order valence-corrected chi connectivity index (χ2v) is 19.1. The van der Waals surface area contributed by atoms with Gasteiger partial charge in [0.1, 0.15) is 5.75 Å². The molecule has 0 aliphatic heterocycles. The zero-order valence-electron chi connectivity index (χ0n) is 34.6. The average molecular weight is 826 g/mol. The Morgan fingerprint density at radius 1 is 0.397 bits per heavy atom. The molecule has 0 spiro atoms. The van der Waals surface area contributed by atoms with Crippen LogP contribution in [0.15, 0.2) is 224 Å². The minimum atomic E-state index is -3.28. The molecule has 0 unspecified atom stereocenters. The van der Waals surface area contributed by atoms with Crippen LogP contribution in [0.5, 0.6) is 5.75 Å². The second kappa shape index (κ2) is 14.7. The number of hydrogen-bond acceptors (Lipinski definition) is 2. The predicted molar refractivity (Wildman–Crippen MR) is 265 cm³/mol. The zero-order valence-corrected chi connectivity index (χ0v) is 35.5. The molecule has 11 aromatic rings. The number of fused-ring (bicyclic) bond motifs is 6. The molecule has 298 valence electrons. The molecule has 0 N–H and O–H groups in total. The topological polar surface area (TPSA) is 31.2 Å². The van der Waals surface area contributed by atoms with Crippen LogP contribution in [0.3, 0.4) is 0 Å². The summed E-state index contributed by atoms with van der Waals surface area (Å²) in [4.78, 5) is 0.